The lowest BCUT2D eigenvalue weighted by molar-refractivity contribution is -0.223. The van der Waals surface area contributed by atoms with Crippen LogP contribution in [0.4, 0.5) is 26.3 Å². The first kappa shape index (κ1) is 21.1. The summed E-state index contributed by atoms with van der Waals surface area (Å²) in [4.78, 5) is 0.0959. The molecule has 0 saturated carbocycles. The van der Waals surface area contributed by atoms with Crippen molar-refractivity contribution in [2.75, 3.05) is 20.8 Å². The van der Waals surface area contributed by atoms with Crippen LogP contribution in [-0.2, 0) is 6.42 Å². The minimum atomic E-state index is -5.41. The van der Waals surface area contributed by atoms with Crippen molar-refractivity contribution in [2.24, 2.45) is 5.73 Å². The zero-order chi connectivity index (χ0) is 18.5. The van der Waals surface area contributed by atoms with E-state index in [-0.39, 0.29) is 21.4 Å². The van der Waals surface area contributed by atoms with Gasteiger partial charge in [0, 0.05) is 0 Å². The van der Waals surface area contributed by atoms with Crippen LogP contribution in [-0.4, -0.2) is 38.4 Å². The van der Waals surface area contributed by atoms with Crippen molar-refractivity contribution in [1.82, 2.24) is 0 Å². The SMILES string of the molecule is COc1cc(SSC(C(F)(F)F)C(F)(F)F)c(OC)cc1CCN. The van der Waals surface area contributed by atoms with E-state index in [1.54, 1.807) is 0 Å². The molecule has 0 saturated heterocycles. The maximum atomic E-state index is 12.6. The molecule has 11 heteroatoms. The van der Waals surface area contributed by atoms with E-state index in [4.69, 9.17) is 15.2 Å². The number of ether oxygens (including phenoxy) is 2. The molecule has 0 fully saturated rings. The van der Waals surface area contributed by atoms with Gasteiger partial charge in [0.2, 0.25) is 5.25 Å². The average molecular weight is 395 g/mol. The summed E-state index contributed by atoms with van der Waals surface area (Å²) < 4.78 is 85.7. The Bertz CT molecular complexity index is 536. The number of hydrogen-bond acceptors (Lipinski definition) is 5. The van der Waals surface area contributed by atoms with Crippen molar-refractivity contribution < 1.29 is 35.8 Å². The Morgan fingerprint density at radius 2 is 1.54 bits per heavy atom. The van der Waals surface area contributed by atoms with Gasteiger partial charge < -0.3 is 15.2 Å². The number of nitrogens with two attached hydrogens (primary N) is 1. The molecule has 24 heavy (non-hydrogen) atoms. The lowest BCUT2D eigenvalue weighted by Crippen LogP contribution is -2.38. The fraction of sp³-hybridized carbons (Fsp3) is 0.538. The van der Waals surface area contributed by atoms with Crippen LogP contribution in [0.5, 0.6) is 11.5 Å². The molecule has 0 aromatic heterocycles. The van der Waals surface area contributed by atoms with Crippen LogP contribution < -0.4 is 15.2 Å². The smallest absolute Gasteiger partial charge is 0.410 e. The Kier molecular flexibility index (Phi) is 7.42. The second-order valence-electron chi connectivity index (χ2n) is 4.50. The van der Waals surface area contributed by atoms with E-state index < -0.39 is 17.6 Å². The number of halogens is 6. The average Bonchev–Trinajstić information content (AvgIpc) is 2.45. The molecular formula is C13H15F6NO2S2. The molecule has 1 aromatic rings. The molecule has 0 atom stereocenters. The van der Waals surface area contributed by atoms with Gasteiger partial charge in [0.15, 0.2) is 0 Å². The summed E-state index contributed by atoms with van der Waals surface area (Å²) in [6, 6.07) is 2.83. The molecule has 0 radical (unpaired) electrons. The number of alkyl halides is 6. The molecule has 0 amide bonds. The normalized spacial score (nSPS) is 12.6. The van der Waals surface area contributed by atoms with Crippen LogP contribution >= 0.6 is 21.6 Å². The summed E-state index contributed by atoms with van der Waals surface area (Å²) in [5, 5.41) is -3.51. The molecule has 0 heterocycles. The van der Waals surface area contributed by atoms with Gasteiger partial charge in [-0.1, -0.05) is 21.6 Å². The highest BCUT2D eigenvalue weighted by molar-refractivity contribution is 8.77. The van der Waals surface area contributed by atoms with Gasteiger partial charge in [0.1, 0.15) is 11.5 Å². The fourth-order valence-electron chi connectivity index (χ4n) is 1.74. The van der Waals surface area contributed by atoms with E-state index >= 15 is 0 Å². The van der Waals surface area contributed by atoms with E-state index in [9.17, 15) is 26.3 Å². The molecule has 0 aliphatic heterocycles. The van der Waals surface area contributed by atoms with E-state index in [1.165, 1.54) is 26.4 Å². The van der Waals surface area contributed by atoms with Gasteiger partial charge in [0.05, 0.1) is 19.1 Å². The fourth-order valence-corrected chi connectivity index (χ4v) is 4.19. The molecule has 3 nitrogen and oxygen atoms in total. The van der Waals surface area contributed by atoms with E-state index in [1.807, 2.05) is 0 Å². The van der Waals surface area contributed by atoms with Crippen molar-refractivity contribution >= 4 is 21.6 Å². The molecule has 0 aliphatic carbocycles. The molecule has 2 N–H and O–H groups in total. The Morgan fingerprint density at radius 1 is 1.00 bits per heavy atom. The molecule has 1 aromatic carbocycles. The Morgan fingerprint density at radius 3 is 1.96 bits per heavy atom. The van der Waals surface area contributed by atoms with Gasteiger partial charge in [-0.2, -0.15) is 26.3 Å². The lowest BCUT2D eigenvalue weighted by atomic mass is 10.1. The van der Waals surface area contributed by atoms with E-state index in [0.717, 1.165) is 0 Å². The second kappa shape index (κ2) is 8.43. The zero-order valence-electron chi connectivity index (χ0n) is 12.6. The summed E-state index contributed by atoms with van der Waals surface area (Å²) in [6.07, 6.45) is -10.4. The van der Waals surface area contributed by atoms with Crippen molar-refractivity contribution in [3.8, 4) is 11.5 Å². The zero-order valence-corrected chi connectivity index (χ0v) is 14.3. The van der Waals surface area contributed by atoms with Crippen LogP contribution in [0.15, 0.2) is 17.0 Å². The predicted octanol–water partition coefficient (Wildman–Crippen LogP) is 4.44. The first-order valence-corrected chi connectivity index (χ1v) is 8.67. The summed E-state index contributed by atoms with van der Waals surface area (Å²) >= 11 is 0. The Hall–Kier alpha value is -0.940. The van der Waals surface area contributed by atoms with Gasteiger partial charge in [-0.05, 0) is 30.7 Å². The summed E-state index contributed by atoms with van der Waals surface area (Å²) in [6.45, 7) is 0.297. The second-order valence-corrected chi connectivity index (χ2v) is 6.84. The highest BCUT2D eigenvalue weighted by atomic mass is 33.1. The Labute approximate surface area is 142 Å². The van der Waals surface area contributed by atoms with Crippen molar-refractivity contribution in [2.45, 2.75) is 28.9 Å². The van der Waals surface area contributed by atoms with Gasteiger partial charge in [-0.3, -0.25) is 0 Å². The van der Waals surface area contributed by atoms with Gasteiger partial charge in [0.25, 0.3) is 0 Å². The monoisotopic (exact) mass is 395 g/mol. The van der Waals surface area contributed by atoms with Crippen molar-refractivity contribution in [3.63, 3.8) is 0 Å². The molecule has 0 aliphatic rings. The summed E-state index contributed by atoms with van der Waals surface area (Å²) in [5.41, 5.74) is 6.10. The number of benzene rings is 1. The van der Waals surface area contributed by atoms with Crippen LogP contribution in [0.3, 0.4) is 0 Å². The highest BCUT2D eigenvalue weighted by Crippen LogP contribution is 2.51. The standard InChI is InChI=1S/C13H15F6NO2S2/c1-21-8-6-10(9(22-2)5-7(8)3-4-20)23-24-11(12(14,15)16)13(17,18)19/h5-6,11H,3-4,20H2,1-2H3. The van der Waals surface area contributed by atoms with Crippen molar-refractivity contribution in [3.05, 3.63) is 17.7 Å². The third-order valence-electron chi connectivity index (χ3n) is 2.81. The maximum absolute atomic E-state index is 12.6. The molecule has 0 bridgehead atoms. The Balaban J connectivity index is 3.09. The van der Waals surface area contributed by atoms with Crippen LogP contribution in [0.1, 0.15) is 5.56 Å². The minimum Gasteiger partial charge on any atom is -0.496 e. The number of hydrogen-bond donors (Lipinski definition) is 1. The largest absolute Gasteiger partial charge is 0.496 e. The van der Waals surface area contributed by atoms with Gasteiger partial charge in [-0.15, -0.1) is 0 Å². The van der Waals surface area contributed by atoms with Crippen LogP contribution in [0.2, 0.25) is 0 Å². The maximum Gasteiger partial charge on any atom is 0.410 e. The first-order chi connectivity index (χ1) is 11.0. The molecule has 0 spiro atoms. The van der Waals surface area contributed by atoms with E-state index in [2.05, 4.69) is 0 Å². The third-order valence-corrected chi connectivity index (χ3v) is 5.54. The first-order valence-electron chi connectivity index (χ1n) is 6.46. The van der Waals surface area contributed by atoms with Gasteiger partial charge in [-0.25, -0.2) is 0 Å². The molecule has 1 rings (SSSR count). The van der Waals surface area contributed by atoms with Crippen LogP contribution in [0, 0.1) is 0 Å². The predicted molar refractivity (Wildman–Crippen MR) is 81.7 cm³/mol. The summed E-state index contributed by atoms with van der Waals surface area (Å²) in [7, 11) is 2.61. The molecule has 138 valence electrons. The minimum absolute atomic E-state index is 0.0959. The lowest BCUT2D eigenvalue weighted by Gasteiger charge is -2.22. The molecule has 0 unspecified atom stereocenters. The topological polar surface area (TPSA) is 44.5 Å². The summed E-state index contributed by atoms with van der Waals surface area (Å²) in [5.74, 6) is 0.472. The third kappa shape index (κ3) is 5.55. The number of methoxy groups -OCH3 is 2. The van der Waals surface area contributed by atoms with Gasteiger partial charge >= 0.3 is 12.4 Å². The van der Waals surface area contributed by atoms with Crippen molar-refractivity contribution in [1.29, 1.82) is 0 Å². The van der Waals surface area contributed by atoms with E-state index in [0.29, 0.717) is 35.1 Å². The number of rotatable bonds is 7. The highest BCUT2D eigenvalue weighted by Gasteiger charge is 2.57. The molecular weight excluding hydrogens is 380 g/mol. The quantitative estimate of drug-likeness (QED) is 0.546. The van der Waals surface area contributed by atoms with Crippen LogP contribution in [0.25, 0.3) is 0 Å².